The molecule has 0 aliphatic carbocycles. The number of carbonyl (C=O) groups is 1. The molecule has 0 bridgehead atoms. The van der Waals surface area contributed by atoms with Crippen molar-refractivity contribution in [1.29, 1.82) is 0 Å². The molecule has 0 rings (SSSR count). The van der Waals surface area contributed by atoms with Crippen LogP contribution in [0, 0.1) is 0 Å². The number of hydrogen-bond donors (Lipinski definition) is 1. The van der Waals surface area contributed by atoms with E-state index in [2.05, 4.69) is 0 Å². The van der Waals surface area contributed by atoms with E-state index in [1.807, 2.05) is 0 Å². The number of carboxylic acid groups (broad SMARTS) is 1. The Labute approximate surface area is 59.1 Å². The molecule has 1 atom stereocenters. The van der Waals surface area contributed by atoms with Crippen LogP contribution in [0.3, 0.4) is 0 Å². The highest BCUT2D eigenvalue weighted by molar-refractivity contribution is 7.36. The maximum absolute atomic E-state index is 9.99. The fourth-order valence-corrected chi connectivity index (χ4v) is 0.972. The van der Waals surface area contributed by atoms with Crippen molar-refractivity contribution in [1.82, 2.24) is 4.90 Å². The number of carboxylic acids is 1. The zero-order valence-electron chi connectivity index (χ0n) is 5.48. The van der Waals surface area contributed by atoms with Crippen LogP contribution in [-0.2, 0) is 9.36 Å². The lowest BCUT2D eigenvalue weighted by Crippen LogP contribution is -2.26. The summed E-state index contributed by atoms with van der Waals surface area (Å²) in [6.07, 6.45) is -0.207. The second-order valence-electron chi connectivity index (χ2n) is 1.88. The predicted molar refractivity (Wildman–Crippen MR) is 32.7 cm³/mol. The molecule has 0 aliphatic rings. The SMILES string of the molecule is CN(CC(=O)O)C[P+](=O)[O-]. The monoisotopic (exact) mass is 165 g/mol. The first-order chi connectivity index (χ1) is 4.52. The summed E-state index contributed by atoms with van der Waals surface area (Å²) in [6, 6.07) is 0. The van der Waals surface area contributed by atoms with Crippen LogP contribution >= 0.6 is 8.03 Å². The Bertz CT molecular complexity index is 132. The minimum Gasteiger partial charge on any atom is -0.594 e. The number of nitrogens with zero attached hydrogens (tertiary/aromatic N) is 1. The molecule has 0 aliphatic heterocycles. The van der Waals surface area contributed by atoms with Gasteiger partial charge in [-0.1, -0.05) is 4.57 Å². The van der Waals surface area contributed by atoms with Gasteiger partial charge in [0, 0.05) is 0 Å². The smallest absolute Gasteiger partial charge is 0.324 e. The highest BCUT2D eigenvalue weighted by Gasteiger charge is 2.09. The average Bonchev–Trinajstić information content (AvgIpc) is 1.58. The molecule has 10 heavy (non-hydrogen) atoms. The van der Waals surface area contributed by atoms with E-state index in [0.29, 0.717) is 0 Å². The normalized spacial score (nSPS) is 11.7. The first kappa shape index (κ1) is 9.49. The van der Waals surface area contributed by atoms with Crippen LogP contribution in [0.4, 0.5) is 0 Å². The number of aliphatic carboxylic acids is 1. The molecular weight excluding hydrogens is 157 g/mol. The summed E-state index contributed by atoms with van der Waals surface area (Å²) in [4.78, 5) is 21.1. The molecule has 0 aromatic heterocycles. The first-order valence-corrected chi connectivity index (χ1v) is 3.91. The van der Waals surface area contributed by atoms with Crippen LogP contribution < -0.4 is 4.89 Å². The third-order valence-electron chi connectivity index (χ3n) is 0.762. The quantitative estimate of drug-likeness (QED) is 0.544. The lowest BCUT2D eigenvalue weighted by molar-refractivity contribution is -0.166. The lowest BCUT2D eigenvalue weighted by Gasteiger charge is -2.06. The third kappa shape index (κ3) is 5.62. The van der Waals surface area contributed by atoms with Gasteiger partial charge >= 0.3 is 14.0 Å². The maximum Gasteiger partial charge on any atom is 0.324 e. The molecule has 0 radical (unpaired) electrons. The van der Waals surface area contributed by atoms with Crippen LogP contribution in [-0.4, -0.2) is 35.9 Å². The van der Waals surface area contributed by atoms with Crippen LogP contribution in [0.5, 0.6) is 0 Å². The minimum absolute atomic E-state index is 0.207. The van der Waals surface area contributed by atoms with Crippen molar-refractivity contribution < 1.29 is 19.4 Å². The summed E-state index contributed by atoms with van der Waals surface area (Å²) in [5, 5.41) is 8.16. The van der Waals surface area contributed by atoms with Crippen molar-refractivity contribution in [3.05, 3.63) is 0 Å². The van der Waals surface area contributed by atoms with E-state index in [1.54, 1.807) is 0 Å². The zero-order valence-corrected chi connectivity index (χ0v) is 6.38. The van der Waals surface area contributed by atoms with Gasteiger partial charge in [-0.15, -0.1) is 0 Å². The molecule has 58 valence electrons. The van der Waals surface area contributed by atoms with Gasteiger partial charge in [0.05, 0.1) is 6.54 Å². The van der Waals surface area contributed by atoms with E-state index >= 15 is 0 Å². The summed E-state index contributed by atoms with van der Waals surface area (Å²) in [7, 11) is -1.08. The Morgan fingerprint density at radius 2 is 2.30 bits per heavy atom. The standard InChI is InChI=1S/C4H8NO4P/c1-5(2-4(6)7)3-10(8)9/h2-3H2,1H3,(H,6,7). The first-order valence-electron chi connectivity index (χ1n) is 2.54. The summed E-state index contributed by atoms with van der Waals surface area (Å²) in [5.41, 5.74) is 0. The molecule has 6 heteroatoms. The molecule has 0 saturated carbocycles. The summed E-state index contributed by atoms with van der Waals surface area (Å²) >= 11 is 0. The molecule has 0 heterocycles. The highest BCUT2D eigenvalue weighted by atomic mass is 31.1. The Kier molecular flexibility index (Phi) is 4.11. The van der Waals surface area contributed by atoms with E-state index in [4.69, 9.17) is 5.11 Å². The van der Waals surface area contributed by atoms with Gasteiger partial charge in [0.15, 0.2) is 6.29 Å². The van der Waals surface area contributed by atoms with Crippen LogP contribution in [0.2, 0.25) is 0 Å². The van der Waals surface area contributed by atoms with Crippen molar-refractivity contribution >= 4 is 14.0 Å². The van der Waals surface area contributed by atoms with Gasteiger partial charge < -0.3 is 10.00 Å². The Morgan fingerprint density at radius 1 is 1.80 bits per heavy atom. The fraction of sp³-hybridized carbons (Fsp3) is 0.750. The van der Waals surface area contributed by atoms with Gasteiger partial charge in [0.2, 0.25) is 0 Å². The van der Waals surface area contributed by atoms with Crippen molar-refractivity contribution in [2.45, 2.75) is 0 Å². The second kappa shape index (κ2) is 4.33. The summed E-state index contributed by atoms with van der Waals surface area (Å²) in [6.45, 7) is -0.247. The summed E-state index contributed by atoms with van der Waals surface area (Å²) in [5.74, 6) is -1.03. The molecule has 1 N–H and O–H groups in total. The summed E-state index contributed by atoms with van der Waals surface area (Å²) < 4.78 is 9.99. The largest absolute Gasteiger partial charge is 0.594 e. The number of hydrogen-bond acceptors (Lipinski definition) is 4. The number of rotatable bonds is 4. The van der Waals surface area contributed by atoms with Gasteiger partial charge in [0.25, 0.3) is 0 Å². The van der Waals surface area contributed by atoms with Crippen LogP contribution in [0.15, 0.2) is 0 Å². The topological polar surface area (TPSA) is 80.7 Å². The van der Waals surface area contributed by atoms with Crippen molar-refractivity contribution in [3.63, 3.8) is 0 Å². The van der Waals surface area contributed by atoms with Crippen LogP contribution in [0.1, 0.15) is 0 Å². The van der Waals surface area contributed by atoms with Gasteiger partial charge in [-0.2, -0.15) is 0 Å². The van der Waals surface area contributed by atoms with E-state index in [-0.39, 0.29) is 12.8 Å². The molecule has 0 spiro atoms. The molecule has 0 fully saturated rings. The van der Waals surface area contributed by atoms with E-state index in [0.717, 1.165) is 0 Å². The van der Waals surface area contributed by atoms with Crippen molar-refractivity contribution in [2.75, 3.05) is 19.9 Å². The molecule has 1 unspecified atom stereocenters. The number of likely N-dealkylation sites (N-methyl/N-ethyl adjacent to an activating group) is 1. The third-order valence-corrected chi connectivity index (χ3v) is 1.48. The van der Waals surface area contributed by atoms with E-state index < -0.39 is 14.0 Å². The maximum atomic E-state index is 9.99. The Balaban J connectivity index is 3.53. The van der Waals surface area contributed by atoms with Crippen molar-refractivity contribution in [3.8, 4) is 0 Å². The highest BCUT2D eigenvalue weighted by Crippen LogP contribution is 2.06. The van der Waals surface area contributed by atoms with Gasteiger partial charge in [-0.25, -0.2) is 0 Å². The molecule has 0 amide bonds. The molecule has 5 nitrogen and oxygen atoms in total. The minimum atomic E-state index is -2.51. The van der Waals surface area contributed by atoms with E-state index in [1.165, 1.54) is 11.9 Å². The van der Waals surface area contributed by atoms with E-state index in [9.17, 15) is 14.3 Å². The predicted octanol–water partition coefficient (Wildman–Crippen LogP) is -0.937. The Morgan fingerprint density at radius 3 is 2.60 bits per heavy atom. The average molecular weight is 165 g/mol. The lowest BCUT2D eigenvalue weighted by atomic mass is 10.6. The fourth-order valence-electron chi connectivity index (χ4n) is 0.478. The van der Waals surface area contributed by atoms with Crippen molar-refractivity contribution in [2.24, 2.45) is 0 Å². The molecule has 0 aromatic rings. The molecule has 0 saturated heterocycles. The molecular formula is C4H8NO4P. The second-order valence-corrected chi connectivity index (χ2v) is 2.83. The van der Waals surface area contributed by atoms with Gasteiger partial charge in [0.1, 0.15) is 0 Å². The van der Waals surface area contributed by atoms with Gasteiger partial charge in [-0.05, 0) is 7.05 Å². The zero-order chi connectivity index (χ0) is 8.15. The molecule has 0 aromatic carbocycles. The van der Waals surface area contributed by atoms with Crippen LogP contribution in [0.25, 0.3) is 0 Å². The Hall–Kier alpha value is -0.510. The van der Waals surface area contributed by atoms with Gasteiger partial charge in [-0.3, -0.25) is 9.69 Å².